The van der Waals surface area contributed by atoms with Gasteiger partial charge in [0.15, 0.2) is 0 Å². The normalized spacial score (nSPS) is 11.4. The number of para-hydroxylation sites is 2. The van der Waals surface area contributed by atoms with E-state index in [2.05, 4.69) is 125 Å². The molecule has 0 atom stereocenters. The van der Waals surface area contributed by atoms with E-state index >= 15 is 0 Å². The van der Waals surface area contributed by atoms with E-state index in [9.17, 15) is 5.11 Å². The maximum Gasteiger partial charge on any atom is 0.145 e. The monoisotopic (exact) mass is 645 g/mol. The van der Waals surface area contributed by atoms with Crippen molar-refractivity contribution in [2.45, 2.75) is 12.8 Å². The number of benzene rings is 6. The van der Waals surface area contributed by atoms with E-state index in [0.717, 1.165) is 56.7 Å². The number of nitrogens with zero attached hydrogens (tertiary/aromatic N) is 3. The fraction of sp³-hybridized carbons (Fsp3) is 0.0435. The lowest BCUT2D eigenvalue weighted by atomic mass is 9.95. The van der Waals surface area contributed by atoms with Gasteiger partial charge in [-0.3, -0.25) is 9.55 Å². The number of aromatic hydroxyl groups is 1. The molecule has 2 aromatic heterocycles. The molecular weight excluding hydrogens is 611 g/mol. The first-order valence-electron chi connectivity index (χ1n) is 16.9. The van der Waals surface area contributed by atoms with Gasteiger partial charge in [0.25, 0.3) is 0 Å². The number of aromatic nitrogens is 3. The van der Waals surface area contributed by atoms with E-state index in [4.69, 9.17) is 4.98 Å². The highest BCUT2D eigenvalue weighted by Gasteiger charge is 2.21. The topological polar surface area (TPSA) is 50.9 Å². The maximum atomic E-state index is 11.7. The standard InChI is InChI=1S/C46H35N3O/c50-45-35(20-10-11-23-37-30-47-31-38-24-12-13-26-39(37)38)25-14-29-42(45)43-32-49(46(48-43)36-21-8-3-9-22-36)44-40(33-16-4-1-5-17-33)27-15-28-41(44)34-18-6-2-7-19-34/h1-19,21-22,24-32,50H,20,23H2/b11-10-. The van der Waals surface area contributed by atoms with Crippen LogP contribution in [0, 0.1) is 0 Å². The van der Waals surface area contributed by atoms with Crippen molar-refractivity contribution in [3.63, 3.8) is 0 Å². The third-order valence-electron chi connectivity index (χ3n) is 9.17. The first-order valence-corrected chi connectivity index (χ1v) is 16.9. The Bertz CT molecular complexity index is 2370. The van der Waals surface area contributed by atoms with Crippen molar-refractivity contribution < 1.29 is 5.11 Å². The number of fused-ring (bicyclic) bond motifs is 1. The summed E-state index contributed by atoms with van der Waals surface area (Å²) in [6.45, 7) is 0. The lowest BCUT2D eigenvalue weighted by molar-refractivity contribution is 0.471. The van der Waals surface area contributed by atoms with Crippen LogP contribution in [-0.2, 0) is 12.8 Å². The molecule has 0 fully saturated rings. The summed E-state index contributed by atoms with van der Waals surface area (Å²) >= 11 is 0. The Labute approximate surface area is 292 Å². The number of hydrogen-bond acceptors (Lipinski definition) is 3. The molecule has 0 saturated carbocycles. The van der Waals surface area contributed by atoms with Crippen molar-refractivity contribution in [2.75, 3.05) is 0 Å². The van der Waals surface area contributed by atoms with Crippen LogP contribution in [0.3, 0.4) is 0 Å². The highest BCUT2D eigenvalue weighted by atomic mass is 16.3. The molecule has 0 spiro atoms. The molecule has 0 aliphatic carbocycles. The number of rotatable bonds is 9. The van der Waals surface area contributed by atoms with Crippen molar-refractivity contribution in [3.8, 4) is 56.3 Å². The SMILES string of the molecule is Oc1c(C/C=C\Cc2cncc3ccccc23)cccc1-c1cn(-c2c(-c3ccccc3)cccc2-c2ccccc2)c(-c2ccccc2)n1. The molecule has 0 aliphatic rings. The third kappa shape index (κ3) is 6.11. The minimum atomic E-state index is 0.243. The molecule has 4 heteroatoms. The summed E-state index contributed by atoms with van der Waals surface area (Å²) in [7, 11) is 0. The van der Waals surface area contributed by atoms with Gasteiger partial charge >= 0.3 is 0 Å². The first-order chi connectivity index (χ1) is 24.7. The Balaban J connectivity index is 1.21. The maximum absolute atomic E-state index is 11.7. The van der Waals surface area contributed by atoms with Gasteiger partial charge in [-0.25, -0.2) is 4.98 Å². The summed E-state index contributed by atoms with van der Waals surface area (Å²) in [6.07, 6.45) is 11.5. The highest BCUT2D eigenvalue weighted by Crippen LogP contribution is 2.40. The average Bonchev–Trinajstić information content (AvgIpc) is 3.63. The molecule has 0 radical (unpaired) electrons. The van der Waals surface area contributed by atoms with Crippen LogP contribution in [0.5, 0.6) is 5.75 Å². The van der Waals surface area contributed by atoms with Crippen molar-refractivity contribution in [1.82, 2.24) is 14.5 Å². The van der Waals surface area contributed by atoms with Crippen LogP contribution >= 0.6 is 0 Å². The molecule has 2 heterocycles. The molecule has 0 aliphatic heterocycles. The highest BCUT2D eigenvalue weighted by molar-refractivity contribution is 5.88. The van der Waals surface area contributed by atoms with E-state index in [0.29, 0.717) is 17.7 Å². The lowest BCUT2D eigenvalue weighted by Gasteiger charge is -2.18. The van der Waals surface area contributed by atoms with Crippen LogP contribution in [0.4, 0.5) is 0 Å². The fourth-order valence-corrected chi connectivity index (χ4v) is 6.70. The zero-order valence-corrected chi connectivity index (χ0v) is 27.5. The number of imidazole rings is 1. The van der Waals surface area contributed by atoms with E-state index < -0.39 is 0 Å². The van der Waals surface area contributed by atoms with Crippen molar-refractivity contribution in [3.05, 3.63) is 194 Å². The molecule has 8 aromatic rings. The molecule has 0 bridgehead atoms. The number of phenols is 1. The molecule has 0 amide bonds. The Morgan fingerprint density at radius 3 is 1.76 bits per heavy atom. The number of hydrogen-bond donors (Lipinski definition) is 1. The van der Waals surface area contributed by atoms with Crippen molar-refractivity contribution in [2.24, 2.45) is 0 Å². The Kier molecular flexibility index (Phi) is 8.57. The second-order valence-electron chi connectivity index (χ2n) is 12.3. The van der Waals surface area contributed by atoms with Gasteiger partial charge in [0.1, 0.15) is 11.6 Å². The van der Waals surface area contributed by atoms with Crippen LogP contribution in [-0.4, -0.2) is 19.6 Å². The van der Waals surface area contributed by atoms with Gasteiger partial charge in [-0.2, -0.15) is 0 Å². The summed E-state index contributed by atoms with van der Waals surface area (Å²) < 4.78 is 2.19. The predicted octanol–water partition coefficient (Wildman–Crippen LogP) is 11.1. The summed E-state index contributed by atoms with van der Waals surface area (Å²) in [5.41, 5.74) is 9.87. The van der Waals surface area contributed by atoms with Gasteiger partial charge in [0.2, 0.25) is 0 Å². The van der Waals surface area contributed by atoms with Crippen molar-refractivity contribution in [1.29, 1.82) is 0 Å². The van der Waals surface area contributed by atoms with Gasteiger partial charge in [0, 0.05) is 46.2 Å². The van der Waals surface area contributed by atoms with Gasteiger partial charge < -0.3 is 5.11 Å². The van der Waals surface area contributed by atoms with Gasteiger partial charge in [-0.1, -0.05) is 158 Å². The lowest BCUT2D eigenvalue weighted by Crippen LogP contribution is -2.02. The smallest absolute Gasteiger partial charge is 0.145 e. The minimum Gasteiger partial charge on any atom is -0.507 e. The largest absolute Gasteiger partial charge is 0.507 e. The Hall–Kier alpha value is -6.52. The van der Waals surface area contributed by atoms with Gasteiger partial charge in [-0.05, 0) is 46.5 Å². The molecule has 4 nitrogen and oxygen atoms in total. The second-order valence-corrected chi connectivity index (χ2v) is 12.3. The molecule has 6 aromatic carbocycles. The molecule has 240 valence electrons. The number of phenolic OH excluding ortho intramolecular Hbond substituents is 1. The van der Waals surface area contributed by atoms with Crippen LogP contribution in [0.25, 0.3) is 61.4 Å². The zero-order valence-electron chi connectivity index (χ0n) is 27.5. The summed E-state index contributed by atoms with van der Waals surface area (Å²) in [5.74, 6) is 1.04. The third-order valence-corrected chi connectivity index (χ3v) is 9.17. The molecule has 1 N–H and O–H groups in total. The van der Waals surface area contributed by atoms with Crippen LogP contribution in [0.1, 0.15) is 11.1 Å². The van der Waals surface area contributed by atoms with Gasteiger partial charge in [-0.15, -0.1) is 0 Å². The fourth-order valence-electron chi connectivity index (χ4n) is 6.70. The number of allylic oxidation sites excluding steroid dienone is 2. The predicted molar refractivity (Wildman–Crippen MR) is 205 cm³/mol. The summed E-state index contributed by atoms with van der Waals surface area (Å²) in [5, 5.41) is 14.1. The second kappa shape index (κ2) is 13.9. The zero-order chi connectivity index (χ0) is 33.7. The van der Waals surface area contributed by atoms with E-state index in [1.807, 2.05) is 67.0 Å². The summed E-state index contributed by atoms with van der Waals surface area (Å²) in [4.78, 5) is 9.67. The molecular formula is C46H35N3O. The average molecular weight is 646 g/mol. The van der Waals surface area contributed by atoms with E-state index in [1.165, 1.54) is 10.9 Å². The minimum absolute atomic E-state index is 0.243. The quantitative estimate of drug-likeness (QED) is 0.159. The first kappa shape index (κ1) is 30.8. The molecule has 0 saturated heterocycles. The number of pyridine rings is 1. The Morgan fingerprint density at radius 1 is 0.520 bits per heavy atom. The van der Waals surface area contributed by atoms with Crippen molar-refractivity contribution >= 4 is 10.8 Å². The van der Waals surface area contributed by atoms with Gasteiger partial charge in [0.05, 0.1) is 11.4 Å². The van der Waals surface area contributed by atoms with E-state index in [-0.39, 0.29) is 5.75 Å². The van der Waals surface area contributed by atoms with E-state index in [1.54, 1.807) is 0 Å². The molecule has 0 unspecified atom stereocenters. The summed E-state index contributed by atoms with van der Waals surface area (Å²) in [6, 6.07) is 51.9. The van der Waals surface area contributed by atoms with Crippen LogP contribution in [0.2, 0.25) is 0 Å². The van der Waals surface area contributed by atoms with Crippen LogP contribution < -0.4 is 0 Å². The Morgan fingerprint density at radius 2 is 1.08 bits per heavy atom. The molecule has 8 rings (SSSR count). The van der Waals surface area contributed by atoms with Crippen LogP contribution in [0.15, 0.2) is 182 Å². The molecule has 50 heavy (non-hydrogen) atoms.